The lowest BCUT2D eigenvalue weighted by Gasteiger charge is -2.27. The Bertz CT molecular complexity index is 451. The Morgan fingerprint density at radius 2 is 1.78 bits per heavy atom. The van der Waals surface area contributed by atoms with E-state index < -0.39 is 0 Å². The number of hydrogen-bond donors (Lipinski definition) is 1. The van der Waals surface area contributed by atoms with Gasteiger partial charge in [-0.2, -0.15) is 0 Å². The lowest BCUT2D eigenvalue weighted by Crippen LogP contribution is -2.36. The Morgan fingerprint density at radius 3 is 2.44 bits per heavy atom. The molecule has 1 fully saturated rings. The van der Waals surface area contributed by atoms with Crippen LogP contribution in [0, 0.1) is 0 Å². The topological polar surface area (TPSA) is 49.4 Å². The number of likely N-dealkylation sites (tertiary alicyclic amines) is 1. The van der Waals surface area contributed by atoms with Gasteiger partial charge in [0.25, 0.3) is 5.91 Å². The number of nitrogens with one attached hydrogen (secondary N) is 1. The average molecular weight is 246 g/mol. The molecular weight excluding hydrogens is 228 g/mol. The SMILES string of the molecule is CC(=O)Nc1ccccc1C(=O)N1CCCCC1. The first-order valence-electron chi connectivity index (χ1n) is 6.34. The molecule has 0 saturated carbocycles. The van der Waals surface area contributed by atoms with Gasteiger partial charge in [0, 0.05) is 20.0 Å². The van der Waals surface area contributed by atoms with Crippen LogP contribution in [-0.4, -0.2) is 29.8 Å². The highest BCUT2D eigenvalue weighted by Crippen LogP contribution is 2.19. The molecule has 2 amide bonds. The molecule has 18 heavy (non-hydrogen) atoms. The number of hydrogen-bond acceptors (Lipinski definition) is 2. The zero-order valence-corrected chi connectivity index (χ0v) is 10.6. The molecule has 1 heterocycles. The standard InChI is InChI=1S/C14H18N2O2/c1-11(17)15-13-8-4-3-7-12(13)14(18)16-9-5-2-6-10-16/h3-4,7-8H,2,5-6,9-10H2,1H3,(H,15,17). The fraction of sp³-hybridized carbons (Fsp3) is 0.429. The van der Waals surface area contributed by atoms with Gasteiger partial charge in [0.05, 0.1) is 11.3 Å². The van der Waals surface area contributed by atoms with Crippen molar-refractivity contribution in [2.24, 2.45) is 0 Å². The normalized spacial score (nSPS) is 15.3. The third-order valence-electron chi connectivity index (χ3n) is 3.11. The highest BCUT2D eigenvalue weighted by atomic mass is 16.2. The van der Waals surface area contributed by atoms with E-state index >= 15 is 0 Å². The first-order chi connectivity index (χ1) is 8.68. The Kier molecular flexibility index (Phi) is 3.97. The van der Waals surface area contributed by atoms with E-state index in [1.54, 1.807) is 12.1 Å². The molecule has 1 N–H and O–H groups in total. The van der Waals surface area contributed by atoms with Crippen molar-refractivity contribution in [3.8, 4) is 0 Å². The smallest absolute Gasteiger partial charge is 0.255 e. The van der Waals surface area contributed by atoms with Gasteiger partial charge in [0.2, 0.25) is 5.91 Å². The van der Waals surface area contributed by atoms with Crippen molar-refractivity contribution >= 4 is 17.5 Å². The lowest BCUT2D eigenvalue weighted by molar-refractivity contribution is -0.114. The fourth-order valence-corrected chi connectivity index (χ4v) is 2.24. The fourth-order valence-electron chi connectivity index (χ4n) is 2.24. The molecular formula is C14H18N2O2. The molecule has 1 saturated heterocycles. The summed E-state index contributed by atoms with van der Waals surface area (Å²) in [5.74, 6) is -0.145. The highest BCUT2D eigenvalue weighted by molar-refractivity contribution is 6.03. The lowest BCUT2D eigenvalue weighted by atomic mass is 10.1. The number of benzene rings is 1. The summed E-state index contributed by atoms with van der Waals surface area (Å²) in [5.41, 5.74) is 1.18. The van der Waals surface area contributed by atoms with E-state index in [-0.39, 0.29) is 11.8 Å². The molecule has 1 aliphatic heterocycles. The van der Waals surface area contributed by atoms with Crippen LogP contribution in [0.4, 0.5) is 5.69 Å². The summed E-state index contributed by atoms with van der Waals surface area (Å²) in [7, 11) is 0. The van der Waals surface area contributed by atoms with Crippen LogP contribution in [0.15, 0.2) is 24.3 Å². The van der Waals surface area contributed by atoms with Crippen molar-refractivity contribution in [1.29, 1.82) is 0 Å². The first-order valence-corrected chi connectivity index (χ1v) is 6.34. The van der Waals surface area contributed by atoms with Crippen LogP contribution in [0.25, 0.3) is 0 Å². The van der Waals surface area contributed by atoms with Crippen LogP contribution >= 0.6 is 0 Å². The number of rotatable bonds is 2. The largest absolute Gasteiger partial charge is 0.339 e. The molecule has 1 aliphatic rings. The van der Waals surface area contributed by atoms with Gasteiger partial charge in [0.15, 0.2) is 0 Å². The number of anilines is 1. The predicted octanol–water partition coefficient (Wildman–Crippen LogP) is 2.27. The highest BCUT2D eigenvalue weighted by Gasteiger charge is 2.20. The van der Waals surface area contributed by atoms with E-state index in [1.807, 2.05) is 17.0 Å². The predicted molar refractivity (Wildman–Crippen MR) is 70.5 cm³/mol. The summed E-state index contributed by atoms with van der Waals surface area (Å²) < 4.78 is 0. The minimum absolute atomic E-state index is 0.0130. The maximum absolute atomic E-state index is 12.4. The van der Waals surface area contributed by atoms with Gasteiger partial charge in [-0.05, 0) is 31.4 Å². The molecule has 1 aromatic rings. The van der Waals surface area contributed by atoms with Crippen LogP contribution in [0.3, 0.4) is 0 Å². The second-order valence-electron chi connectivity index (χ2n) is 4.58. The number of nitrogens with zero attached hydrogens (tertiary/aromatic N) is 1. The van der Waals surface area contributed by atoms with Gasteiger partial charge in [0.1, 0.15) is 0 Å². The van der Waals surface area contributed by atoms with E-state index in [0.29, 0.717) is 11.3 Å². The molecule has 0 aliphatic carbocycles. The summed E-state index contributed by atoms with van der Waals surface area (Å²) >= 11 is 0. The zero-order chi connectivity index (χ0) is 13.0. The second-order valence-corrected chi connectivity index (χ2v) is 4.58. The Hall–Kier alpha value is -1.84. The van der Waals surface area contributed by atoms with Gasteiger partial charge < -0.3 is 10.2 Å². The minimum atomic E-state index is -0.158. The second kappa shape index (κ2) is 5.67. The molecule has 0 atom stereocenters. The van der Waals surface area contributed by atoms with Crippen molar-refractivity contribution in [3.63, 3.8) is 0 Å². The average Bonchev–Trinajstić information content (AvgIpc) is 2.39. The van der Waals surface area contributed by atoms with E-state index in [2.05, 4.69) is 5.32 Å². The van der Waals surface area contributed by atoms with Gasteiger partial charge in [-0.25, -0.2) is 0 Å². The van der Waals surface area contributed by atoms with Crippen LogP contribution in [0.5, 0.6) is 0 Å². The number of piperidine rings is 1. The summed E-state index contributed by atoms with van der Waals surface area (Å²) in [4.78, 5) is 25.4. The number of carbonyl (C=O) groups excluding carboxylic acids is 2. The molecule has 4 heteroatoms. The Balaban J connectivity index is 2.20. The third-order valence-corrected chi connectivity index (χ3v) is 3.11. The molecule has 0 radical (unpaired) electrons. The molecule has 0 spiro atoms. The van der Waals surface area contributed by atoms with Crippen molar-refractivity contribution in [2.45, 2.75) is 26.2 Å². The molecule has 0 unspecified atom stereocenters. The quantitative estimate of drug-likeness (QED) is 0.870. The van der Waals surface area contributed by atoms with Gasteiger partial charge in [-0.15, -0.1) is 0 Å². The summed E-state index contributed by atoms with van der Waals surface area (Å²) in [5, 5.41) is 2.71. The number of para-hydroxylation sites is 1. The van der Waals surface area contributed by atoms with Crippen molar-refractivity contribution in [3.05, 3.63) is 29.8 Å². The Morgan fingerprint density at radius 1 is 1.11 bits per heavy atom. The Labute approximate surface area is 107 Å². The molecule has 0 bridgehead atoms. The molecule has 4 nitrogen and oxygen atoms in total. The van der Waals surface area contributed by atoms with Gasteiger partial charge in [-0.3, -0.25) is 9.59 Å². The van der Waals surface area contributed by atoms with Crippen LogP contribution in [0.2, 0.25) is 0 Å². The number of amides is 2. The molecule has 0 aromatic heterocycles. The van der Waals surface area contributed by atoms with Crippen LogP contribution in [-0.2, 0) is 4.79 Å². The zero-order valence-electron chi connectivity index (χ0n) is 10.6. The first kappa shape index (κ1) is 12.6. The minimum Gasteiger partial charge on any atom is -0.339 e. The molecule has 1 aromatic carbocycles. The van der Waals surface area contributed by atoms with Gasteiger partial charge in [-0.1, -0.05) is 12.1 Å². The van der Waals surface area contributed by atoms with Gasteiger partial charge >= 0.3 is 0 Å². The molecule has 96 valence electrons. The van der Waals surface area contributed by atoms with Crippen LogP contribution in [0.1, 0.15) is 36.5 Å². The summed E-state index contributed by atoms with van der Waals surface area (Å²) in [6.07, 6.45) is 3.32. The monoisotopic (exact) mass is 246 g/mol. The van der Waals surface area contributed by atoms with Crippen molar-refractivity contribution < 1.29 is 9.59 Å². The molecule has 2 rings (SSSR count). The van der Waals surface area contributed by atoms with Crippen LogP contribution < -0.4 is 5.32 Å². The van der Waals surface area contributed by atoms with E-state index in [1.165, 1.54) is 13.3 Å². The van der Waals surface area contributed by atoms with E-state index in [4.69, 9.17) is 0 Å². The van der Waals surface area contributed by atoms with E-state index in [9.17, 15) is 9.59 Å². The number of carbonyl (C=O) groups is 2. The maximum Gasteiger partial charge on any atom is 0.255 e. The third kappa shape index (κ3) is 2.88. The van der Waals surface area contributed by atoms with Crippen molar-refractivity contribution in [2.75, 3.05) is 18.4 Å². The summed E-state index contributed by atoms with van der Waals surface area (Å²) in [6, 6.07) is 7.17. The van der Waals surface area contributed by atoms with E-state index in [0.717, 1.165) is 25.9 Å². The summed E-state index contributed by atoms with van der Waals surface area (Å²) in [6.45, 7) is 3.07. The van der Waals surface area contributed by atoms with Crippen molar-refractivity contribution in [1.82, 2.24) is 4.90 Å². The maximum atomic E-state index is 12.4.